The zero-order chi connectivity index (χ0) is 17.7. The van der Waals surface area contributed by atoms with Crippen LogP contribution in [-0.2, 0) is 9.53 Å². The summed E-state index contributed by atoms with van der Waals surface area (Å²) in [6.07, 6.45) is 0.353. The van der Waals surface area contributed by atoms with Crippen LogP contribution in [0.25, 0.3) is 0 Å². The van der Waals surface area contributed by atoms with Crippen LogP contribution < -0.4 is 5.32 Å². The maximum Gasteiger partial charge on any atom is 0.357 e. The Morgan fingerprint density at radius 3 is 2.42 bits per heavy atom. The molecule has 1 amide bonds. The van der Waals surface area contributed by atoms with E-state index in [2.05, 4.69) is 10.3 Å². The van der Waals surface area contributed by atoms with Crippen molar-refractivity contribution < 1.29 is 19.1 Å². The Labute approximate surface area is 143 Å². The summed E-state index contributed by atoms with van der Waals surface area (Å²) in [6.45, 7) is 2.90. The Balaban J connectivity index is 1.96. The van der Waals surface area contributed by atoms with Crippen LogP contribution in [0, 0.1) is 0 Å². The lowest BCUT2D eigenvalue weighted by Crippen LogP contribution is -2.30. The average Bonchev–Trinajstić information content (AvgIpc) is 2.55. The van der Waals surface area contributed by atoms with Crippen molar-refractivity contribution in [3.8, 4) is 0 Å². The van der Waals surface area contributed by atoms with Gasteiger partial charge in [-0.2, -0.15) is 0 Å². The Morgan fingerprint density at radius 2 is 1.83 bits per heavy atom. The zero-order valence-corrected chi connectivity index (χ0v) is 13.8. The van der Waals surface area contributed by atoms with E-state index in [4.69, 9.17) is 16.3 Å². The molecule has 0 aliphatic rings. The van der Waals surface area contributed by atoms with Crippen LogP contribution >= 0.6 is 11.6 Å². The van der Waals surface area contributed by atoms with Gasteiger partial charge in [-0.1, -0.05) is 11.6 Å². The number of hydrogen-bond donors (Lipinski definition) is 1. The molecule has 2 aromatic rings. The van der Waals surface area contributed by atoms with Gasteiger partial charge in [-0.3, -0.25) is 9.59 Å². The van der Waals surface area contributed by atoms with Gasteiger partial charge < -0.3 is 10.1 Å². The summed E-state index contributed by atoms with van der Waals surface area (Å²) >= 11 is 5.78. The van der Waals surface area contributed by atoms with Crippen LogP contribution in [0.3, 0.4) is 0 Å². The molecular formula is C17H15ClN2O4. The molecule has 0 fully saturated rings. The number of hydrogen-bond acceptors (Lipinski definition) is 5. The summed E-state index contributed by atoms with van der Waals surface area (Å²) in [7, 11) is 0. The topological polar surface area (TPSA) is 85.4 Å². The molecule has 0 radical (unpaired) electrons. The van der Waals surface area contributed by atoms with Crippen LogP contribution in [-0.4, -0.2) is 28.7 Å². The smallest absolute Gasteiger partial charge is 0.357 e. The van der Waals surface area contributed by atoms with Gasteiger partial charge in [0.2, 0.25) is 0 Å². The fourth-order valence-corrected chi connectivity index (χ4v) is 1.98. The zero-order valence-electron chi connectivity index (χ0n) is 13.1. The molecule has 0 bridgehead atoms. The number of ketones is 1. The van der Waals surface area contributed by atoms with Gasteiger partial charge in [0.05, 0.1) is 0 Å². The van der Waals surface area contributed by atoms with Crippen LogP contribution in [0.1, 0.15) is 34.7 Å². The van der Waals surface area contributed by atoms with Crippen molar-refractivity contribution in [3.05, 3.63) is 58.9 Å². The van der Waals surface area contributed by atoms with Gasteiger partial charge in [-0.05, 0) is 50.2 Å². The van der Waals surface area contributed by atoms with E-state index in [1.54, 1.807) is 24.3 Å². The molecule has 7 heteroatoms. The predicted molar refractivity (Wildman–Crippen MR) is 89.2 cm³/mol. The van der Waals surface area contributed by atoms with E-state index >= 15 is 0 Å². The number of rotatable bonds is 5. The highest BCUT2D eigenvalue weighted by molar-refractivity contribution is 6.30. The number of esters is 1. The molecule has 1 aromatic heterocycles. The van der Waals surface area contributed by atoms with Crippen LogP contribution in [0.4, 0.5) is 5.69 Å². The number of benzene rings is 1. The first kappa shape index (κ1) is 17.6. The van der Waals surface area contributed by atoms with Gasteiger partial charge in [-0.25, -0.2) is 9.78 Å². The predicted octanol–water partition coefficient (Wildman–Crippen LogP) is 3.12. The second-order valence-corrected chi connectivity index (χ2v) is 5.47. The van der Waals surface area contributed by atoms with Crippen LogP contribution in [0.15, 0.2) is 42.6 Å². The molecule has 0 saturated carbocycles. The van der Waals surface area contributed by atoms with Gasteiger partial charge in [0.1, 0.15) is 5.69 Å². The third-order valence-electron chi connectivity index (χ3n) is 3.14. The summed E-state index contributed by atoms with van der Waals surface area (Å²) in [6, 6.07) is 9.28. The lowest BCUT2D eigenvalue weighted by molar-refractivity contribution is -0.123. The second-order valence-electron chi connectivity index (χ2n) is 5.03. The van der Waals surface area contributed by atoms with Crippen LogP contribution in [0.2, 0.25) is 5.02 Å². The van der Waals surface area contributed by atoms with Crippen molar-refractivity contribution in [1.29, 1.82) is 0 Å². The van der Waals surface area contributed by atoms with E-state index in [0.29, 0.717) is 16.3 Å². The number of aromatic nitrogens is 1. The van der Waals surface area contributed by atoms with Crippen molar-refractivity contribution in [2.75, 3.05) is 5.32 Å². The van der Waals surface area contributed by atoms with E-state index in [-0.39, 0.29) is 11.5 Å². The Bertz CT molecular complexity index is 774. The van der Waals surface area contributed by atoms with E-state index < -0.39 is 18.0 Å². The Morgan fingerprint density at radius 1 is 1.17 bits per heavy atom. The molecule has 0 unspecified atom stereocenters. The highest BCUT2D eigenvalue weighted by Gasteiger charge is 2.20. The van der Waals surface area contributed by atoms with Gasteiger partial charge in [0.15, 0.2) is 11.9 Å². The SMILES string of the molecule is CC(=O)c1ccc(NC(=O)[C@H](C)OC(=O)c2cc(Cl)ccn2)cc1. The fourth-order valence-electron chi connectivity index (χ4n) is 1.82. The molecule has 24 heavy (non-hydrogen) atoms. The second kappa shape index (κ2) is 7.70. The maximum atomic E-state index is 12.1. The number of ether oxygens (including phenoxy) is 1. The highest BCUT2D eigenvalue weighted by Crippen LogP contribution is 2.12. The lowest BCUT2D eigenvalue weighted by Gasteiger charge is -2.13. The molecule has 2 rings (SSSR count). The molecular weight excluding hydrogens is 332 g/mol. The van der Waals surface area contributed by atoms with Crippen molar-refractivity contribution in [2.24, 2.45) is 0 Å². The van der Waals surface area contributed by atoms with Gasteiger partial charge in [0.25, 0.3) is 5.91 Å². The lowest BCUT2D eigenvalue weighted by atomic mass is 10.1. The van der Waals surface area contributed by atoms with Crippen molar-refractivity contribution in [1.82, 2.24) is 4.98 Å². The molecule has 0 aliphatic carbocycles. The molecule has 0 spiro atoms. The average molecular weight is 347 g/mol. The van der Waals surface area contributed by atoms with Crippen LogP contribution in [0.5, 0.6) is 0 Å². The highest BCUT2D eigenvalue weighted by atomic mass is 35.5. The molecule has 0 saturated heterocycles. The van der Waals surface area contributed by atoms with E-state index in [1.165, 1.54) is 32.2 Å². The maximum absolute atomic E-state index is 12.1. The Kier molecular flexibility index (Phi) is 5.65. The number of amides is 1. The molecule has 6 nitrogen and oxygen atoms in total. The number of anilines is 1. The number of carbonyl (C=O) groups excluding carboxylic acids is 3. The number of carbonyl (C=O) groups is 3. The van der Waals surface area contributed by atoms with Crippen molar-refractivity contribution in [2.45, 2.75) is 20.0 Å². The largest absolute Gasteiger partial charge is 0.448 e. The summed E-state index contributed by atoms with van der Waals surface area (Å²) in [4.78, 5) is 39.0. The minimum atomic E-state index is -1.02. The molecule has 1 heterocycles. The Hall–Kier alpha value is -2.73. The van der Waals surface area contributed by atoms with Crippen molar-refractivity contribution >= 4 is 34.9 Å². The number of Topliss-reactive ketones (excluding diaryl/α,β-unsaturated/α-hetero) is 1. The van der Waals surface area contributed by atoms with Gasteiger partial charge in [0, 0.05) is 22.5 Å². The minimum Gasteiger partial charge on any atom is -0.448 e. The number of nitrogens with one attached hydrogen (secondary N) is 1. The third kappa shape index (κ3) is 4.63. The third-order valence-corrected chi connectivity index (χ3v) is 3.38. The van der Waals surface area contributed by atoms with E-state index in [0.717, 1.165) is 0 Å². The first-order valence-corrected chi connectivity index (χ1v) is 7.49. The monoisotopic (exact) mass is 346 g/mol. The quantitative estimate of drug-likeness (QED) is 0.664. The fraction of sp³-hybridized carbons (Fsp3) is 0.176. The number of pyridine rings is 1. The first-order valence-electron chi connectivity index (χ1n) is 7.11. The van der Waals surface area contributed by atoms with Crippen molar-refractivity contribution in [3.63, 3.8) is 0 Å². The molecule has 124 valence electrons. The first-order chi connectivity index (χ1) is 11.4. The molecule has 1 aromatic carbocycles. The summed E-state index contributed by atoms with van der Waals surface area (Å²) < 4.78 is 5.06. The van der Waals surface area contributed by atoms with Gasteiger partial charge >= 0.3 is 5.97 Å². The summed E-state index contributed by atoms with van der Waals surface area (Å²) in [5, 5.41) is 2.95. The minimum absolute atomic E-state index is 0.0213. The van der Waals surface area contributed by atoms with E-state index in [1.807, 2.05) is 0 Å². The van der Waals surface area contributed by atoms with E-state index in [9.17, 15) is 14.4 Å². The molecule has 0 aliphatic heterocycles. The number of halogens is 1. The summed E-state index contributed by atoms with van der Waals surface area (Å²) in [5.74, 6) is -1.31. The molecule has 1 atom stereocenters. The molecule has 1 N–H and O–H groups in total. The standard InChI is InChI=1S/C17H15ClN2O4/c1-10(21)12-3-5-14(6-4-12)20-16(22)11(2)24-17(23)15-9-13(18)7-8-19-15/h3-9,11H,1-2H3,(H,20,22)/t11-/m0/s1. The normalized spacial score (nSPS) is 11.5. The number of nitrogens with zero attached hydrogens (tertiary/aromatic N) is 1. The summed E-state index contributed by atoms with van der Waals surface area (Å²) in [5.41, 5.74) is 1.06. The van der Waals surface area contributed by atoms with Gasteiger partial charge in [-0.15, -0.1) is 0 Å².